The smallest absolute Gasteiger partial charge is 0.312 e. The van der Waals surface area contributed by atoms with E-state index in [1.165, 1.54) is 7.11 Å². The summed E-state index contributed by atoms with van der Waals surface area (Å²) < 4.78 is 6.26. The van der Waals surface area contributed by atoms with E-state index in [0.717, 1.165) is 5.56 Å². The van der Waals surface area contributed by atoms with E-state index in [9.17, 15) is 4.79 Å². The van der Waals surface area contributed by atoms with Gasteiger partial charge in [-0.1, -0.05) is 0 Å². The quantitative estimate of drug-likeness (QED) is 0.610. The predicted molar refractivity (Wildman–Crippen MR) is 43.6 cm³/mol. The molecule has 0 fully saturated rings. The van der Waals surface area contributed by atoms with Gasteiger partial charge in [-0.25, -0.2) is 0 Å². The number of hydrogen-bond acceptors (Lipinski definition) is 3. The van der Waals surface area contributed by atoms with E-state index in [-0.39, 0.29) is 11.9 Å². The molecule has 0 saturated heterocycles. The average Bonchev–Trinajstić information content (AvgIpc) is 2.49. The fourth-order valence-corrected chi connectivity index (χ4v) is 0.977. The second kappa shape index (κ2) is 3.38. The Morgan fingerprint density at radius 3 is 2.83 bits per heavy atom. The van der Waals surface area contributed by atoms with Crippen LogP contribution in [-0.4, -0.2) is 22.9 Å². The van der Waals surface area contributed by atoms with Gasteiger partial charge in [0.15, 0.2) is 0 Å². The highest BCUT2D eigenvalue weighted by Gasteiger charge is 2.16. The Labute approximate surface area is 71.1 Å². The Balaban J connectivity index is 2.77. The molecule has 0 aliphatic rings. The minimum Gasteiger partial charge on any atom is -0.469 e. The topological polar surface area (TPSA) is 44.1 Å². The van der Waals surface area contributed by atoms with Gasteiger partial charge in [0.05, 0.1) is 19.2 Å². The fourth-order valence-electron chi connectivity index (χ4n) is 0.977. The molecule has 1 aromatic rings. The lowest BCUT2D eigenvalue weighted by Crippen LogP contribution is -2.09. The van der Waals surface area contributed by atoms with Crippen molar-refractivity contribution in [2.75, 3.05) is 7.11 Å². The van der Waals surface area contributed by atoms with Gasteiger partial charge >= 0.3 is 5.97 Å². The van der Waals surface area contributed by atoms with Crippen LogP contribution in [0.15, 0.2) is 12.4 Å². The molecule has 0 bridgehead atoms. The van der Waals surface area contributed by atoms with Crippen LogP contribution in [-0.2, 0) is 16.6 Å². The van der Waals surface area contributed by atoms with E-state index in [4.69, 9.17) is 0 Å². The van der Waals surface area contributed by atoms with Crippen molar-refractivity contribution in [1.29, 1.82) is 0 Å². The summed E-state index contributed by atoms with van der Waals surface area (Å²) in [5.74, 6) is -0.466. The molecule has 0 unspecified atom stereocenters. The summed E-state index contributed by atoms with van der Waals surface area (Å²) in [6, 6.07) is 0. The molecule has 1 aromatic heterocycles. The Hall–Kier alpha value is -1.32. The Bertz CT molecular complexity index is 280. The summed E-state index contributed by atoms with van der Waals surface area (Å²) in [6.45, 7) is 1.79. The van der Waals surface area contributed by atoms with Crippen LogP contribution in [0.2, 0.25) is 0 Å². The van der Waals surface area contributed by atoms with E-state index >= 15 is 0 Å². The standard InChI is InChI=1S/C8H12N2O2/c1-6(8(11)12-3)7-4-9-10(2)5-7/h4-6H,1-3H3/t6-/m1/s1. The summed E-state index contributed by atoms with van der Waals surface area (Å²) in [4.78, 5) is 11.1. The van der Waals surface area contributed by atoms with E-state index in [2.05, 4.69) is 9.84 Å². The summed E-state index contributed by atoms with van der Waals surface area (Å²) >= 11 is 0. The number of aryl methyl sites for hydroxylation is 1. The first-order valence-corrected chi connectivity index (χ1v) is 3.71. The Morgan fingerprint density at radius 1 is 1.75 bits per heavy atom. The molecule has 1 rings (SSSR count). The van der Waals surface area contributed by atoms with Crippen molar-refractivity contribution in [1.82, 2.24) is 9.78 Å². The zero-order valence-corrected chi connectivity index (χ0v) is 7.44. The van der Waals surface area contributed by atoms with Gasteiger partial charge in [0.1, 0.15) is 0 Å². The number of carbonyl (C=O) groups is 1. The van der Waals surface area contributed by atoms with E-state index in [1.54, 1.807) is 17.8 Å². The maximum atomic E-state index is 11.1. The summed E-state index contributed by atoms with van der Waals surface area (Å²) in [6.07, 6.45) is 3.48. The highest BCUT2D eigenvalue weighted by atomic mass is 16.5. The van der Waals surface area contributed by atoms with Crippen LogP contribution in [0.4, 0.5) is 0 Å². The molecule has 0 aliphatic heterocycles. The molecule has 0 amide bonds. The van der Waals surface area contributed by atoms with E-state index in [0.29, 0.717) is 0 Å². The van der Waals surface area contributed by atoms with Gasteiger partial charge in [0.2, 0.25) is 0 Å². The van der Waals surface area contributed by atoms with Crippen molar-refractivity contribution < 1.29 is 9.53 Å². The third kappa shape index (κ3) is 1.64. The number of nitrogens with zero attached hydrogens (tertiary/aromatic N) is 2. The van der Waals surface area contributed by atoms with Gasteiger partial charge in [-0.3, -0.25) is 9.48 Å². The van der Waals surface area contributed by atoms with Crippen LogP contribution in [0, 0.1) is 0 Å². The molecule has 0 aliphatic carbocycles. The predicted octanol–water partition coefficient (Wildman–Crippen LogP) is 0.697. The van der Waals surface area contributed by atoms with Crippen molar-refractivity contribution >= 4 is 5.97 Å². The minimum absolute atomic E-state index is 0.233. The normalized spacial score (nSPS) is 12.6. The molecular weight excluding hydrogens is 156 g/mol. The van der Waals surface area contributed by atoms with Crippen LogP contribution < -0.4 is 0 Å². The summed E-state index contributed by atoms with van der Waals surface area (Å²) in [7, 11) is 3.20. The maximum absolute atomic E-state index is 11.1. The van der Waals surface area contributed by atoms with Gasteiger partial charge < -0.3 is 4.74 Å². The lowest BCUT2D eigenvalue weighted by molar-refractivity contribution is -0.141. The SMILES string of the molecule is COC(=O)[C@H](C)c1cnn(C)c1. The third-order valence-electron chi connectivity index (χ3n) is 1.78. The van der Waals surface area contributed by atoms with Crippen LogP contribution in [0.3, 0.4) is 0 Å². The molecule has 66 valence electrons. The van der Waals surface area contributed by atoms with Crippen LogP contribution in [0.1, 0.15) is 18.4 Å². The van der Waals surface area contributed by atoms with Crippen LogP contribution in [0.5, 0.6) is 0 Å². The summed E-state index contributed by atoms with van der Waals surface area (Å²) in [5, 5.41) is 3.96. The lowest BCUT2D eigenvalue weighted by Gasteiger charge is -2.04. The van der Waals surface area contributed by atoms with Crippen molar-refractivity contribution in [3.05, 3.63) is 18.0 Å². The van der Waals surface area contributed by atoms with Crippen molar-refractivity contribution in [2.24, 2.45) is 7.05 Å². The first-order chi connectivity index (χ1) is 5.65. The molecule has 0 saturated carbocycles. The lowest BCUT2D eigenvalue weighted by atomic mass is 10.1. The average molecular weight is 168 g/mol. The van der Waals surface area contributed by atoms with Crippen LogP contribution in [0.25, 0.3) is 0 Å². The fraction of sp³-hybridized carbons (Fsp3) is 0.500. The van der Waals surface area contributed by atoms with Gasteiger partial charge in [-0.05, 0) is 6.92 Å². The van der Waals surface area contributed by atoms with Crippen molar-refractivity contribution in [3.8, 4) is 0 Å². The molecular formula is C8H12N2O2. The number of ether oxygens (including phenoxy) is 1. The number of methoxy groups -OCH3 is 1. The monoisotopic (exact) mass is 168 g/mol. The highest BCUT2D eigenvalue weighted by Crippen LogP contribution is 2.14. The van der Waals surface area contributed by atoms with Gasteiger partial charge in [-0.15, -0.1) is 0 Å². The molecule has 1 atom stereocenters. The van der Waals surface area contributed by atoms with Gasteiger partial charge in [0.25, 0.3) is 0 Å². The largest absolute Gasteiger partial charge is 0.469 e. The first kappa shape index (κ1) is 8.77. The molecule has 1 heterocycles. The first-order valence-electron chi connectivity index (χ1n) is 3.71. The zero-order chi connectivity index (χ0) is 9.14. The maximum Gasteiger partial charge on any atom is 0.312 e. The molecule has 4 nitrogen and oxygen atoms in total. The minimum atomic E-state index is -0.233. The highest BCUT2D eigenvalue weighted by molar-refractivity contribution is 5.77. The van der Waals surface area contributed by atoms with Crippen molar-refractivity contribution in [3.63, 3.8) is 0 Å². The van der Waals surface area contributed by atoms with E-state index in [1.807, 2.05) is 13.2 Å². The Morgan fingerprint density at radius 2 is 2.42 bits per heavy atom. The number of aromatic nitrogens is 2. The number of hydrogen-bond donors (Lipinski definition) is 0. The second-order valence-electron chi connectivity index (χ2n) is 2.69. The molecule has 0 radical (unpaired) electrons. The summed E-state index contributed by atoms with van der Waals surface area (Å²) in [5.41, 5.74) is 0.879. The van der Waals surface area contributed by atoms with Crippen molar-refractivity contribution in [2.45, 2.75) is 12.8 Å². The van der Waals surface area contributed by atoms with Gasteiger partial charge in [0, 0.05) is 18.8 Å². The molecule has 12 heavy (non-hydrogen) atoms. The molecule has 4 heteroatoms. The third-order valence-corrected chi connectivity index (χ3v) is 1.78. The Kier molecular flexibility index (Phi) is 2.47. The molecule has 0 N–H and O–H groups in total. The van der Waals surface area contributed by atoms with Crippen LogP contribution >= 0.6 is 0 Å². The number of rotatable bonds is 2. The van der Waals surface area contributed by atoms with Gasteiger partial charge in [-0.2, -0.15) is 5.10 Å². The van der Waals surface area contributed by atoms with E-state index < -0.39 is 0 Å². The molecule has 0 spiro atoms. The zero-order valence-electron chi connectivity index (χ0n) is 7.44. The number of carbonyl (C=O) groups excluding carboxylic acids is 1. The second-order valence-corrected chi connectivity index (χ2v) is 2.69. The molecule has 0 aromatic carbocycles. The number of esters is 1.